The van der Waals surface area contributed by atoms with Crippen molar-refractivity contribution in [3.05, 3.63) is 48.3 Å². The number of carboxylic acids is 1. The minimum Gasteiger partial charge on any atom is -0.480 e. The zero-order valence-electron chi connectivity index (χ0n) is 11.8. The zero-order valence-corrected chi connectivity index (χ0v) is 11.8. The number of ether oxygens (including phenoxy) is 1. The number of carboxylic acid groups (broad SMARTS) is 1. The topological polar surface area (TPSA) is 84.7 Å². The average Bonchev–Trinajstić information content (AvgIpc) is 3.09. The van der Waals surface area contributed by atoms with E-state index in [-0.39, 0.29) is 19.1 Å². The second kappa shape index (κ2) is 5.98. The zero-order chi connectivity index (χ0) is 15.5. The minimum atomic E-state index is -1.06. The van der Waals surface area contributed by atoms with Gasteiger partial charge in [0.2, 0.25) is 0 Å². The molecule has 3 rings (SSSR count). The molecule has 7 nitrogen and oxygen atoms in total. The summed E-state index contributed by atoms with van der Waals surface area (Å²) < 4.78 is 6.80. The molecule has 1 aliphatic heterocycles. The van der Waals surface area contributed by atoms with Gasteiger partial charge in [-0.05, 0) is 24.3 Å². The summed E-state index contributed by atoms with van der Waals surface area (Å²) in [6.45, 7) is 0.621. The van der Waals surface area contributed by atoms with Crippen LogP contribution in [0.3, 0.4) is 0 Å². The van der Waals surface area contributed by atoms with Gasteiger partial charge in [0.15, 0.2) is 6.04 Å². The van der Waals surface area contributed by atoms with Crippen molar-refractivity contribution in [1.29, 1.82) is 0 Å². The molecule has 1 saturated heterocycles. The van der Waals surface area contributed by atoms with Crippen molar-refractivity contribution < 1.29 is 19.4 Å². The van der Waals surface area contributed by atoms with Gasteiger partial charge in [0, 0.05) is 24.5 Å². The Morgan fingerprint density at radius 3 is 2.91 bits per heavy atom. The third-order valence-electron chi connectivity index (χ3n) is 3.54. The van der Waals surface area contributed by atoms with Crippen molar-refractivity contribution in [2.75, 3.05) is 19.8 Å². The summed E-state index contributed by atoms with van der Waals surface area (Å²) in [6, 6.07) is 7.79. The molecule has 1 N–H and O–H groups in total. The highest BCUT2D eigenvalue weighted by Crippen LogP contribution is 2.16. The van der Waals surface area contributed by atoms with Gasteiger partial charge in [0.1, 0.15) is 0 Å². The Kier molecular flexibility index (Phi) is 3.88. The van der Waals surface area contributed by atoms with E-state index in [2.05, 4.69) is 5.10 Å². The molecular formula is C15H15N3O4. The highest BCUT2D eigenvalue weighted by atomic mass is 16.5. The Bertz CT molecular complexity index is 684. The summed E-state index contributed by atoms with van der Waals surface area (Å²) in [5.74, 6) is -1.37. The fraction of sp³-hybridized carbons (Fsp3) is 0.267. The number of hydrogen-bond acceptors (Lipinski definition) is 4. The molecule has 0 unspecified atom stereocenters. The van der Waals surface area contributed by atoms with Gasteiger partial charge in [-0.25, -0.2) is 9.48 Å². The Labute approximate surface area is 126 Å². The molecular weight excluding hydrogens is 286 g/mol. The lowest BCUT2D eigenvalue weighted by Gasteiger charge is -2.32. The van der Waals surface area contributed by atoms with Crippen LogP contribution in [-0.4, -0.2) is 57.5 Å². The van der Waals surface area contributed by atoms with Crippen LogP contribution in [0.25, 0.3) is 5.69 Å². The molecule has 1 aromatic heterocycles. The summed E-state index contributed by atoms with van der Waals surface area (Å²) in [7, 11) is 0. The van der Waals surface area contributed by atoms with Crippen LogP contribution in [-0.2, 0) is 9.53 Å². The maximum absolute atomic E-state index is 12.6. The fourth-order valence-corrected chi connectivity index (χ4v) is 2.42. The van der Waals surface area contributed by atoms with Gasteiger partial charge in [0.05, 0.1) is 18.9 Å². The van der Waals surface area contributed by atoms with Crippen LogP contribution in [0.4, 0.5) is 0 Å². The third-order valence-corrected chi connectivity index (χ3v) is 3.54. The van der Waals surface area contributed by atoms with Gasteiger partial charge in [-0.1, -0.05) is 6.07 Å². The predicted molar refractivity (Wildman–Crippen MR) is 76.8 cm³/mol. The molecule has 0 aliphatic carbocycles. The van der Waals surface area contributed by atoms with E-state index in [0.29, 0.717) is 12.2 Å². The van der Waals surface area contributed by atoms with Crippen molar-refractivity contribution in [3.63, 3.8) is 0 Å². The number of carbonyl (C=O) groups excluding carboxylic acids is 1. The molecule has 0 radical (unpaired) electrons. The number of hydrogen-bond donors (Lipinski definition) is 1. The molecule has 7 heteroatoms. The summed E-state index contributed by atoms with van der Waals surface area (Å²) in [5.41, 5.74) is 1.18. The molecule has 22 heavy (non-hydrogen) atoms. The first-order chi connectivity index (χ1) is 10.7. The molecule has 114 valence electrons. The minimum absolute atomic E-state index is 0.0138. The van der Waals surface area contributed by atoms with E-state index in [0.717, 1.165) is 5.69 Å². The Morgan fingerprint density at radius 1 is 1.32 bits per heavy atom. The van der Waals surface area contributed by atoms with E-state index in [9.17, 15) is 14.7 Å². The second-order valence-corrected chi connectivity index (χ2v) is 4.93. The van der Waals surface area contributed by atoms with Crippen molar-refractivity contribution in [2.24, 2.45) is 0 Å². The predicted octanol–water partition coefficient (Wildman–Crippen LogP) is 0.798. The molecule has 0 bridgehead atoms. The Balaban J connectivity index is 1.88. The largest absolute Gasteiger partial charge is 0.480 e. The number of morpholine rings is 1. The molecule has 1 atom stereocenters. The third kappa shape index (κ3) is 2.71. The van der Waals surface area contributed by atoms with Crippen LogP contribution in [0.1, 0.15) is 10.4 Å². The average molecular weight is 301 g/mol. The van der Waals surface area contributed by atoms with Crippen molar-refractivity contribution >= 4 is 11.9 Å². The van der Waals surface area contributed by atoms with E-state index >= 15 is 0 Å². The van der Waals surface area contributed by atoms with E-state index in [1.54, 1.807) is 41.3 Å². The van der Waals surface area contributed by atoms with Gasteiger partial charge >= 0.3 is 5.97 Å². The van der Waals surface area contributed by atoms with E-state index in [1.165, 1.54) is 4.90 Å². The van der Waals surface area contributed by atoms with Crippen molar-refractivity contribution in [3.8, 4) is 5.69 Å². The van der Waals surface area contributed by atoms with Crippen LogP contribution in [0.2, 0.25) is 0 Å². The number of aliphatic carboxylic acids is 1. The Hall–Kier alpha value is -2.67. The molecule has 1 aliphatic rings. The van der Waals surface area contributed by atoms with Crippen LogP contribution in [0.5, 0.6) is 0 Å². The smallest absolute Gasteiger partial charge is 0.328 e. The SMILES string of the molecule is O=C(O)[C@@H]1COCCN1C(=O)c1cccc(-n2cccn2)c1. The highest BCUT2D eigenvalue weighted by Gasteiger charge is 2.33. The van der Waals surface area contributed by atoms with Crippen LogP contribution in [0, 0.1) is 0 Å². The lowest BCUT2D eigenvalue weighted by atomic mass is 10.1. The van der Waals surface area contributed by atoms with E-state index in [1.807, 2.05) is 6.07 Å². The summed E-state index contributed by atoms with van der Waals surface area (Å²) in [5, 5.41) is 13.3. The monoisotopic (exact) mass is 301 g/mol. The number of carbonyl (C=O) groups is 2. The molecule has 2 heterocycles. The summed E-state index contributed by atoms with van der Waals surface area (Å²) in [4.78, 5) is 25.2. The standard InChI is InChI=1S/C15H15N3O4/c19-14(17-7-8-22-10-13(17)15(20)21)11-3-1-4-12(9-11)18-6-2-5-16-18/h1-6,9,13H,7-8,10H2,(H,20,21)/t13-/m0/s1. The molecule has 1 amide bonds. The maximum atomic E-state index is 12.6. The Morgan fingerprint density at radius 2 is 2.18 bits per heavy atom. The van der Waals surface area contributed by atoms with Crippen molar-refractivity contribution in [1.82, 2.24) is 14.7 Å². The molecule has 2 aromatic rings. The molecule has 1 aromatic carbocycles. The normalized spacial score (nSPS) is 18.2. The maximum Gasteiger partial charge on any atom is 0.328 e. The number of nitrogens with zero attached hydrogens (tertiary/aromatic N) is 3. The van der Waals surface area contributed by atoms with Gasteiger partial charge in [0.25, 0.3) is 5.91 Å². The number of rotatable bonds is 3. The van der Waals surface area contributed by atoms with Crippen LogP contribution in [0.15, 0.2) is 42.7 Å². The second-order valence-electron chi connectivity index (χ2n) is 4.93. The van der Waals surface area contributed by atoms with E-state index in [4.69, 9.17) is 4.74 Å². The highest BCUT2D eigenvalue weighted by molar-refractivity contribution is 5.97. The van der Waals surface area contributed by atoms with Gasteiger partial charge in [-0.3, -0.25) is 4.79 Å². The van der Waals surface area contributed by atoms with Crippen LogP contribution < -0.4 is 0 Å². The van der Waals surface area contributed by atoms with E-state index < -0.39 is 12.0 Å². The van der Waals surface area contributed by atoms with Crippen molar-refractivity contribution in [2.45, 2.75) is 6.04 Å². The van der Waals surface area contributed by atoms with Gasteiger partial charge < -0.3 is 14.7 Å². The first-order valence-electron chi connectivity index (χ1n) is 6.88. The lowest BCUT2D eigenvalue weighted by Crippen LogP contribution is -2.52. The number of aromatic nitrogens is 2. The lowest BCUT2D eigenvalue weighted by molar-refractivity contribution is -0.147. The van der Waals surface area contributed by atoms with Gasteiger partial charge in [-0.15, -0.1) is 0 Å². The number of amides is 1. The first-order valence-corrected chi connectivity index (χ1v) is 6.88. The number of benzene rings is 1. The molecule has 0 spiro atoms. The summed E-state index contributed by atoms with van der Waals surface area (Å²) in [6.07, 6.45) is 3.43. The fourth-order valence-electron chi connectivity index (χ4n) is 2.42. The first kappa shape index (κ1) is 14.3. The summed E-state index contributed by atoms with van der Waals surface area (Å²) >= 11 is 0. The molecule has 1 fully saturated rings. The quantitative estimate of drug-likeness (QED) is 0.906. The van der Waals surface area contributed by atoms with Gasteiger partial charge in [-0.2, -0.15) is 5.10 Å². The van der Waals surface area contributed by atoms with Crippen LogP contribution >= 0.6 is 0 Å². The molecule has 0 saturated carbocycles.